The predicted molar refractivity (Wildman–Crippen MR) is 92.3 cm³/mol. The molecule has 0 atom stereocenters. The van der Waals surface area contributed by atoms with Crippen molar-refractivity contribution in [1.82, 2.24) is 20.1 Å². The van der Waals surface area contributed by atoms with Crippen LogP contribution in [0.15, 0.2) is 35.4 Å². The van der Waals surface area contributed by atoms with Gasteiger partial charge in [0.25, 0.3) is 11.5 Å². The van der Waals surface area contributed by atoms with E-state index in [1.165, 1.54) is 30.1 Å². The van der Waals surface area contributed by atoms with Crippen LogP contribution in [0.2, 0.25) is 0 Å². The predicted octanol–water partition coefficient (Wildman–Crippen LogP) is 2.84. The van der Waals surface area contributed by atoms with Gasteiger partial charge in [0.2, 0.25) is 0 Å². The van der Waals surface area contributed by atoms with Crippen LogP contribution in [0.1, 0.15) is 28.8 Å². The number of aromatic amines is 1. The van der Waals surface area contributed by atoms with Crippen LogP contribution in [0.25, 0.3) is 22.0 Å². The second kappa shape index (κ2) is 5.97. The average Bonchev–Trinajstić information content (AvgIpc) is 3.28. The van der Waals surface area contributed by atoms with E-state index in [-0.39, 0.29) is 34.2 Å². The molecule has 0 spiro atoms. The molecule has 0 bridgehead atoms. The quantitative estimate of drug-likeness (QED) is 0.738. The second-order valence-corrected chi connectivity index (χ2v) is 6.66. The lowest BCUT2D eigenvalue weighted by molar-refractivity contribution is -0.137. The van der Waals surface area contributed by atoms with Gasteiger partial charge in [-0.3, -0.25) is 14.7 Å². The van der Waals surface area contributed by atoms with E-state index in [2.05, 4.69) is 15.5 Å². The molecular weight excluding hydrogens is 361 g/mol. The maximum absolute atomic E-state index is 13.3. The van der Waals surface area contributed by atoms with Crippen molar-refractivity contribution in [3.63, 3.8) is 0 Å². The maximum atomic E-state index is 13.3. The Kier molecular flexibility index (Phi) is 3.83. The highest BCUT2D eigenvalue weighted by Gasteiger charge is 2.32. The van der Waals surface area contributed by atoms with E-state index in [1.807, 2.05) is 0 Å². The molecule has 140 valence electrons. The summed E-state index contributed by atoms with van der Waals surface area (Å²) in [5.41, 5.74) is -0.930. The molecule has 1 aromatic carbocycles. The van der Waals surface area contributed by atoms with Crippen LogP contribution in [-0.4, -0.2) is 26.7 Å². The van der Waals surface area contributed by atoms with E-state index < -0.39 is 17.3 Å². The molecule has 1 saturated carbocycles. The summed E-state index contributed by atoms with van der Waals surface area (Å²) in [6.45, 7) is 0. The second-order valence-electron chi connectivity index (χ2n) is 6.66. The van der Waals surface area contributed by atoms with Gasteiger partial charge in [-0.25, -0.2) is 0 Å². The average molecular weight is 376 g/mol. The number of fused-ring (bicyclic) bond motifs is 1. The number of hydrogen-bond donors (Lipinski definition) is 2. The normalized spacial score (nSPS) is 14.5. The number of alkyl halides is 3. The Balaban J connectivity index is 1.92. The van der Waals surface area contributed by atoms with Crippen LogP contribution in [0.3, 0.4) is 0 Å². The molecule has 27 heavy (non-hydrogen) atoms. The van der Waals surface area contributed by atoms with E-state index in [1.54, 1.807) is 0 Å². The monoisotopic (exact) mass is 376 g/mol. The summed E-state index contributed by atoms with van der Waals surface area (Å²) in [6, 6.07) is 3.31. The third-order valence-electron chi connectivity index (χ3n) is 4.53. The molecule has 1 aliphatic carbocycles. The highest BCUT2D eigenvalue weighted by molar-refractivity contribution is 5.98. The number of aryl methyl sites for hydroxylation is 1. The summed E-state index contributed by atoms with van der Waals surface area (Å²) in [7, 11) is 1.46. The van der Waals surface area contributed by atoms with Crippen LogP contribution in [0, 0.1) is 0 Å². The first-order chi connectivity index (χ1) is 12.7. The van der Waals surface area contributed by atoms with Gasteiger partial charge in [0.05, 0.1) is 22.8 Å². The number of halogens is 3. The number of hydrogen-bond acceptors (Lipinski definition) is 3. The van der Waals surface area contributed by atoms with E-state index in [0.29, 0.717) is 5.39 Å². The van der Waals surface area contributed by atoms with Gasteiger partial charge in [0, 0.05) is 30.2 Å². The van der Waals surface area contributed by atoms with Crippen LogP contribution in [0.4, 0.5) is 13.2 Å². The van der Waals surface area contributed by atoms with Gasteiger partial charge < -0.3 is 9.88 Å². The maximum Gasteiger partial charge on any atom is 0.416 e. The Labute approximate surface area is 151 Å². The fourth-order valence-corrected chi connectivity index (χ4v) is 2.96. The van der Waals surface area contributed by atoms with Gasteiger partial charge in [-0.2, -0.15) is 18.3 Å². The highest BCUT2D eigenvalue weighted by Crippen LogP contribution is 2.36. The molecule has 9 heteroatoms. The summed E-state index contributed by atoms with van der Waals surface area (Å²) in [6.07, 6.45) is -0.0492. The lowest BCUT2D eigenvalue weighted by atomic mass is 9.98. The molecule has 4 rings (SSSR count). The Morgan fingerprint density at radius 1 is 1.26 bits per heavy atom. The van der Waals surface area contributed by atoms with Crippen molar-refractivity contribution in [1.29, 1.82) is 0 Å². The van der Waals surface area contributed by atoms with Gasteiger partial charge in [-0.05, 0) is 36.6 Å². The van der Waals surface area contributed by atoms with Gasteiger partial charge in [-0.15, -0.1) is 0 Å². The number of nitrogens with one attached hydrogen (secondary N) is 2. The van der Waals surface area contributed by atoms with Gasteiger partial charge in [0.1, 0.15) is 0 Å². The fraction of sp³-hybridized carbons (Fsp3) is 0.278. The number of amides is 1. The zero-order valence-corrected chi connectivity index (χ0v) is 14.2. The molecule has 1 aliphatic rings. The van der Waals surface area contributed by atoms with E-state index in [9.17, 15) is 22.8 Å². The van der Waals surface area contributed by atoms with E-state index in [0.717, 1.165) is 25.0 Å². The van der Waals surface area contributed by atoms with Crippen LogP contribution < -0.4 is 10.9 Å². The first kappa shape index (κ1) is 17.3. The Morgan fingerprint density at radius 3 is 2.67 bits per heavy atom. The Morgan fingerprint density at radius 2 is 2.00 bits per heavy atom. The Hall–Kier alpha value is -3.10. The molecule has 0 saturated heterocycles. The number of H-pyrrole nitrogens is 1. The molecule has 1 amide bonds. The summed E-state index contributed by atoms with van der Waals surface area (Å²) >= 11 is 0. The van der Waals surface area contributed by atoms with Crippen molar-refractivity contribution in [3.05, 3.63) is 52.1 Å². The summed E-state index contributed by atoms with van der Waals surface area (Å²) in [5.74, 6) is -0.357. The van der Waals surface area contributed by atoms with Crippen molar-refractivity contribution in [3.8, 4) is 11.1 Å². The van der Waals surface area contributed by atoms with Gasteiger partial charge in [-0.1, -0.05) is 0 Å². The number of benzene rings is 1. The van der Waals surface area contributed by atoms with Crippen LogP contribution in [-0.2, 0) is 13.2 Å². The molecule has 0 aliphatic heterocycles. The first-order valence-corrected chi connectivity index (χ1v) is 8.30. The van der Waals surface area contributed by atoms with Crippen molar-refractivity contribution in [2.45, 2.75) is 25.1 Å². The van der Waals surface area contributed by atoms with Crippen LogP contribution in [0.5, 0.6) is 0 Å². The van der Waals surface area contributed by atoms with Crippen molar-refractivity contribution in [2.24, 2.45) is 7.05 Å². The molecule has 2 heterocycles. The summed E-state index contributed by atoms with van der Waals surface area (Å²) in [4.78, 5) is 25.0. The largest absolute Gasteiger partial charge is 0.416 e. The number of nitrogens with zero attached hydrogens (tertiary/aromatic N) is 2. The molecular formula is C18H15F3N4O2. The van der Waals surface area contributed by atoms with Crippen molar-refractivity contribution in [2.75, 3.05) is 0 Å². The number of carbonyl (C=O) groups is 1. The minimum atomic E-state index is -4.58. The molecule has 2 N–H and O–H groups in total. The van der Waals surface area contributed by atoms with Crippen molar-refractivity contribution < 1.29 is 18.0 Å². The number of carbonyl (C=O) groups excluding carboxylic acids is 1. The van der Waals surface area contributed by atoms with E-state index >= 15 is 0 Å². The third-order valence-corrected chi connectivity index (χ3v) is 4.53. The molecule has 0 radical (unpaired) electrons. The van der Waals surface area contributed by atoms with Gasteiger partial charge in [0.15, 0.2) is 0 Å². The van der Waals surface area contributed by atoms with Gasteiger partial charge >= 0.3 is 6.18 Å². The van der Waals surface area contributed by atoms with E-state index in [4.69, 9.17) is 0 Å². The zero-order valence-electron chi connectivity index (χ0n) is 14.2. The molecule has 0 unspecified atom stereocenters. The summed E-state index contributed by atoms with van der Waals surface area (Å²) in [5, 5.41) is 9.48. The van der Waals surface area contributed by atoms with Crippen LogP contribution >= 0.6 is 0 Å². The Bertz CT molecular complexity index is 1110. The molecule has 3 aromatic rings. The van der Waals surface area contributed by atoms with Crippen molar-refractivity contribution >= 4 is 16.8 Å². The molecule has 2 aromatic heterocycles. The fourth-order valence-electron chi connectivity index (χ4n) is 2.96. The lowest BCUT2D eigenvalue weighted by Gasteiger charge is -2.12. The lowest BCUT2D eigenvalue weighted by Crippen LogP contribution is -2.28. The first-order valence-electron chi connectivity index (χ1n) is 8.30. The minimum absolute atomic E-state index is 0.0125. The summed E-state index contributed by atoms with van der Waals surface area (Å²) < 4.78 is 41.0. The SMILES string of the molecule is Cn1cc(C(=O)NC2CC2)cc(-c2cc(C(F)(F)F)cc3[nH]ncc23)c1=O. The number of aromatic nitrogens is 3. The molecule has 6 nitrogen and oxygen atoms in total. The number of rotatable bonds is 3. The minimum Gasteiger partial charge on any atom is -0.349 e. The molecule has 1 fully saturated rings. The third kappa shape index (κ3) is 3.20. The standard InChI is InChI=1S/C18H15F3N4O2/c1-25-8-9(16(26)23-11-2-3-11)4-13(17(25)27)12-5-10(18(19,20)21)6-15-14(12)7-22-24-15/h4-8,11H,2-3H2,1H3,(H,22,24)(H,23,26). The number of pyridine rings is 1. The highest BCUT2D eigenvalue weighted by atomic mass is 19.4. The zero-order chi connectivity index (χ0) is 19.3. The smallest absolute Gasteiger partial charge is 0.349 e. The topological polar surface area (TPSA) is 79.8 Å².